The van der Waals surface area contributed by atoms with Gasteiger partial charge in [0.05, 0.1) is 18.3 Å². The predicted molar refractivity (Wildman–Crippen MR) is 123 cm³/mol. The van der Waals surface area contributed by atoms with Gasteiger partial charge in [0, 0.05) is 14.9 Å². The van der Waals surface area contributed by atoms with Crippen LogP contribution in [-0.2, 0) is 13.0 Å². The van der Waals surface area contributed by atoms with E-state index in [-0.39, 0.29) is 5.56 Å². The summed E-state index contributed by atoms with van der Waals surface area (Å²) in [4.78, 5) is 19.8. The summed E-state index contributed by atoms with van der Waals surface area (Å²) in [6.45, 7) is 5.01. The van der Waals surface area contributed by atoms with E-state index >= 15 is 0 Å². The van der Waals surface area contributed by atoms with Gasteiger partial charge >= 0.3 is 0 Å². The first-order chi connectivity index (χ1) is 14.1. The van der Waals surface area contributed by atoms with Crippen LogP contribution in [0.3, 0.4) is 0 Å². The molecule has 0 saturated heterocycles. The molecular weight excluding hydrogens is 448 g/mol. The highest BCUT2D eigenvalue weighted by atomic mass is 79.9. The molecule has 0 aliphatic carbocycles. The fraction of sp³-hybridized carbons (Fsp3) is 0.217. The van der Waals surface area contributed by atoms with Crippen molar-refractivity contribution in [1.82, 2.24) is 9.55 Å². The Morgan fingerprint density at radius 2 is 1.83 bits per heavy atom. The van der Waals surface area contributed by atoms with Crippen molar-refractivity contribution in [3.63, 3.8) is 0 Å². The van der Waals surface area contributed by atoms with E-state index in [0.717, 1.165) is 32.6 Å². The Morgan fingerprint density at radius 1 is 1.10 bits per heavy atom. The smallest absolute Gasteiger partial charge is 0.262 e. The van der Waals surface area contributed by atoms with Crippen LogP contribution in [0, 0.1) is 6.92 Å². The van der Waals surface area contributed by atoms with Gasteiger partial charge in [0.15, 0.2) is 0 Å². The van der Waals surface area contributed by atoms with Crippen LogP contribution >= 0.6 is 27.3 Å². The van der Waals surface area contributed by atoms with Crippen molar-refractivity contribution in [3.8, 4) is 16.9 Å². The zero-order valence-electron chi connectivity index (χ0n) is 16.3. The van der Waals surface area contributed by atoms with Crippen LogP contribution in [0.1, 0.15) is 17.4 Å². The quantitative estimate of drug-likeness (QED) is 0.357. The van der Waals surface area contributed by atoms with Crippen molar-refractivity contribution in [2.24, 2.45) is 0 Å². The van der Waals surface area contributed by atoms with Crippen molar-refractivity contribution in [2.75, 3.05) is 6.61 Å². The van der Waals surface area contributed by atoms with Crippen LogP contribution in [0.25, 0.3) is 21.3 Å². The maximum absolute atomic E-state index is 13.3. The lowest BCUT2D eigenvalue weighted by Crippen LogP contribution is -2.23. The number of aromatic nitrogens is 2. The maximum atomic E-state index is 13.3. The molecule has 0 aliphatic rings. The molecule has 0 spiro atoms. The van der Waals surface area contributed by atoms with Crippen LogP contribution in [-0.4, -0.2) is 16.2 Å². The maximum Gasteiger partial charge on any atom is 0.262 e. The van der Waals surface area contributed by atoms with Crippen LogP contribution in [0.5, 0.6) is 5.75 Å². The summed E-state index contributed by atoms with van der Waals surface area (Å²) < 4.78 is 8.46. The molecule has 6 heteroatoms. The van der Waals surface area contributed by atoms with Crippen molar-refractivity contribution in [1.29, 1.82) is 0 Å². The Bertz CT molecular complexity index is 1190. The van der Waals surface area contributed by atoms with Crippen LogP contribution < -0.4 is 10.3 Å². The zero-order valence-corrected chi connectivity index (χ0v) is 18.7. The fourth-order valence-corrected chi connectivity index (χ4v) is 4.65. The summed E-state index contributed by atoms with van der Waals surface area (Å²) >= 11 is 5.08. The van der Waals surface area contributed by atoms with Gasteiger partial charge in [-0.2, -0.15) is 0 Å². The number of benzene rings is 2. The molecule has 0 N–H and O–H groups in total. The number of rotatable bonds is 6. The summed E-state index contributed by atoms with van der Waals surface area (Å²) in [6, 6.07) is 16.0. The van der Waals surface area contributed by atoms with Gasteiger partial charge in [0.25, 0.3) is 5.56 Å². The Balaban J connectivity index is 1.67. The molecule has 2 aromatic carbocycles. The number of aryl methyl sites for hydroxylation is 2. The van der Waals surface area contributed by atoms with E-state index in [4.69, 9.17) is 4.74 Å². The van der Waals surface area contributed by atoms with Crippen LogP contribution in [0.4, 0.5) is 0 Å². The molecule has 2 aromatic heterocycles. The lowest BCUT2D eigenvalue weighted by molar-refractivity contribution is 0.296. The number of halogens is 1. The number of thiophene rings is 1. The minimum atomic E-state index is -0.0172. The molecule has 29 heavy (non-hydrogen) atoms. The van der Waals surface area contributed by atoms with Gasteiger partial charge in [-0.1, -0.05) is 52.7 Å². The van der Waals surface area contributed by atoms with Gasteiger partial charge in [-0.3, -0.25) is 9.36 Å². The van der Waals surface area contributed by atoms with Crippen LogP contribution in [0.2, 0.25) is 0 Å². The van der Waals surface area contributed by atoms with Gasteiger partial charge < -0.3 is 4.74 Å². The largest absolute Gasteiger partial charge is 0.492 e. The van der Waals surface area contributed by atoms with Gasteiger partial charge in [-0.15, -0.1) is 11.3 Å². The lowest BCUT2D eigenvalue weighted by Gasteiger charge is -2.09. The third kappa shape index (κ3) is 4.14. The zero-order chi connectivity index (χ0) is 20.4. The van der Waals surface area contributed by atoms with Crippen molar-refractivity contribution in [2.45, 2.75) is 26.8 Å². The summed E-state index contributed by atoms with van der Waals surface area (Å²) in [5.41, 5.74) is 3.22. The molecule has 148 valence electrons. The van der Waals surface area contributed by atoms with E-state index in [1.165, 1.54) is 10.4 Å². The molecule has 4 aromatic rings. The van der Waals surface area contributed by atoms with E-state index in [2.05, 4.69) is 27.8 Å². The van der Waals surface area contributed by atoms with Crippen molar-refractivity contribution in [3.05, 3.63) is 80.1 Å². The average Bonchev–Trinajstić information content (AvgIpc) is 3.11. The molecule has 0 unspecified atom stereocenters. The summed E-state index contributed by atoms with van der Waals surface area (Å²) in [5, 5.41) is 0.701. The normalized spacial score (nSPS) is 11.1. The van der Waals surface area contributed by atoms with E-state index in [9.17, 15) is 4.79 Å². The topological polar surface area (TPSA) is 44.1 Å². The molecule has 0 saturated carbocycles. The first-order valence-corrected chi connectivity index (χ1v) is 11.1. The highest BCUT2D eigenvalue weighted by Gasteiger charge is 2.18. The standard InChI is InChI=1S/C23H21BrN2O2S/c1-3-19-20(16-6-8-17(24)9-7-16)21-22(29-19)25-14-26(23(21)27)12-13-28-18-10-4-15(2)5-11-18/h4-11,14H,3,12-13H2,1-2H3. The highest BCUT2D eigenvalue weighted by Crippen LogP contribution is 2.36. The van der Waals surface area contributed by atoms with E-state index in [1.54, 1.807) is 22.2 Å². The lowest BCUT2D eigenvalue weighted by atomic mass is 10.0. The van der Waals surface area contributed by atoms with E-state index < -0.39 is 0 Å². The molecule has 0 atom stereocenters. The molecule has 0 aliphatic heterocycles. The second kappa shape index (κ2) is 8.51. The molecule has 0 radical (unpaired) electrons. The average molecular weight is 469 g/mol. The number of ether oxygens (including phenoxy) is 1. The number of nitrogens with zero attached hydrogens (tertiary/aromatic N) is 2. The highest BCUT2D eigenvalue weighted by molar-refractivity contribution is 9.10. The Labute approximate surface area is 181 Å². The second-order valence-corrected chi connectivity index (χ2v) is 8.84. The first kappa shape index (κ1) is 19.9. The van der Waals surface area contributed by atoms with E-state index in [0.29, 0.717) is 18.5 Å². The molecule has 0 fully saturated rings. The molecule has 4 nitrogen and oxygen atoms in total. The molecular formula is C23H21BrN2O2S. The minimum absolute atomic E-state index is 0.0172. The van der Waals surface area contributed by atoms with E-state index in [1.807, 2.05) is 55.5 Å². The number of fused-ring (bicyclic) bond motifs is 1. The SMILES string of the molecule is CCc1sc2ncn(CCOc3ccc(C)cc3)c(=O)c2c1-c1ccc(Br)cc1. The monoisotopic (exact) mass is 468 g/mol. The predicted octanol–water partition coefficient (Wildman–Crippen LogP) is 5.84. The number of hydrogen-bond acceptors (Lipinski definition) is 4. The third-order valence-electron chi connectivity index (χ3n) is 4.83. The Hall–Kier alpha value is -2.44. The summed E-state index contributed by atoms with van der Waals surface area (Å²) in [6.07, 6.45) is 2.49. The second-order valence-electron chi connectivity index (χ2n) is 6.85. The Morgan fingerprint density at radius 3 is 2.52 bits per heavy atom. The van der Waals surface area contributed by atoms with Gasteiger partial charge in [0.1, 0.15) is 17.2 Å². The van der Waals surface area contributed by atoms with Crippen LogP contribution in [0.15, 0.2) is 64.1 Å². The van der Waals surface area contributed by atoms with Crippen molar-refractivity contribution < 1.29 is 4.74 Å². The summed E-state index contributed by atoms with van der Waals surface area (Å²) in [5.74, 6) is 0.803. The van der Waals surface area contributed by atoms with Gasteiger partial charge in [0.2, 0.25) is 0 Å². The number of hydrogen-bond donors (Lipinski definition) is 0. The Kier molecular flexibility index (Phi) is 5.83. The first-order valence-electron chi connectivity index (χ1n) is 9.53. The minimum Gasteiger partial charge on any atom is -0.492 e. The van der Waals surface area contributed by atoms with Crippen molar-refractivity contribution >= 4 is 37.5 Å². The fourth-order valence-electron chi connectivity index (χ4n) is 3.30. The molecule has 2 heterocycles. The molecule has 4 rings (SSSR count). The molecule has 0 bridgehead atoms. The van der Waals surface area contributed by atoms with Gasteiger partial charge in [-0.05, 0) is 43.2 Å². The third-order valence-corrected chi connectivity index (χ3v) is 6.60. The summed E-state index contributed by atoms with van der Waals surface area (Å²) in [7, 11) is 0. The molecule has 0 amide bonds. The van der Waals surface area contributed by atoms with Gasteiger partial charge in [-0.25, -0.2) is 4.98 Å².